The van der Waals surface area contributed by atoms with Crippen molar-refractivity contribution in [1.82, 2.24) is 4.98 Å². The summed E-state index contributed by atoms with van der Waals surface area (Å²) in [6.07, 6.45) is 2.97. The first-order valence-corrected chi connectivity index (χ1v) is 5.21. The Balaban J connectivity index is 2.82. The van der Waals surface area contributed by atoms with Crippen LogP contribution in [0.1, 0.15) is 26.7 Å². The van der Waals surface area contributed by atoms with E-state index in [0.29, 0.717) is 24.5 Å². The molecule has 0 saturated heterocycles. The van der Waals surface area contributed by atoms with Crippen molar-refractivity contribution in [1.29, 1.82) is 0 Å². The van der Waals surface area contributed by atoms with Gasteiger partial charge in [0.05, 0.1) is 11.9 Å². The molecule has 1 aromatic heterocycles. The van der Waals surface area contributed by atoms with Gasteiger partial charge in [0.1, 0.15) is 5.82 Å². The average Bonchev–Trinajstić information content (AvgIpc) is 2.22. The largest absolute Gasteiger partial charge is 0.397 e. The Morgan fingerprint density at radius 3 is 2.67 bits per heavy atom. The van der Waals surface area contributed by atoms with Crippen LogP contribution in [0.25, 0.3) is 0 Å². The van der Waals surface area contributed by atoms with Gasteiger partial charge in [0.25, 0.3) is 0 Å². The van der Waals surface area contributed by atoms with Crippen LogP contribution in [0, 0.1) is 0 Å². The van der Waals surface area contributed by atoms with E-state index in [1.165, 1.54) is 0 Å². The summed E-state index contributed by atoms with van der Waals surface area (Å²) >= 11 is 0. The van der Waals surface area contributed by atoms with Gasteiger partial charge in [0, 0.05) is 13.0 Å². The number of amides is 1. The number of nitrogen functional groups attached to an aromatic ring is 1. The van der Waals surface area contributed by atoms with Crippen molar-refractivity contribution in [2.24, 2.45) is 0 Å². The molecule has 0 atom stereocenters. The van der Waals surface area contributed by atoms with E-state index in [4.69, 9.17) is 5.73 Å². The number of nitrogens with zero attached hydrogens (tertiary/aromatic N) is 2. The molecule has 0 aliphatic rings. The maximum absolute atomic E-state index is 11.7. The van der Waals surface area contributed by atoms with Crippen molar-refractivity contribution in [2.45, 2.75) is 26.7 Å². The van der Waals surface area contributed by atoms with Gasteiger partial charge in [-0.3, -0.25) is 9.69 Å². The van der Waals surface area contributed by atoms with Gasteiger partial charge in [-0.15, -0.1) is 0 Å². The van der Waals surface area contributed by atoms with Crippen molar-refractivity contribution in [2.75, 3.05) is 17.2 Å². The zero-order valence-corrected chi connectivity index (χ0v) is 9.23. The molecule has 1 rings (SSSR count). The van der Waals surface area contributed by atoms with Gasteiger partial charge in [-0.25, -0.2) is 4.98 Å². The van der Waals surface area contributed by atoms with Gasteiger partial charge in [-0.1, -0.05) is 6.92 Å². The second-order valence-corrected chi connectivity index (χ2v) is 3.34. The molecular formula is C11H17N3O. The Hall–Kier alpha value is -1.58. The molecule has 0 bridgehead atoms. The topological polar surface area (TPSA) is 59.2 Å². The maximum Gasteiger partial charge on any atom is 0.228 e. The molecule has 82 valence electrons. The highest BCUT2D eigenvalue weighted by Gasteiger charge is 2.13. The number of rotatable bonds is 4. The van der Waals surface area contributed by atoms with E-state index in [1.54, 1.807) is 23.2 Å². The summed E-state index contributed by atoms with van der Waals surface area (Å²) in [4.78, 5) is 17.5. The zero-order valence-electron chi connectivity index (χ0n) is 9.23. The maximum atomic E-state index is 11.7. The Morgan fingerprint density at radius 1 is 1.47 bits per heavy atom. The smallest absolute Gasteiger partial charge is 0.228 e. The van der Waals surface area contributed by atoms with Crippen LogP contribution in [-0.2, 0) is 4.79 Å². The summed E-state index contributed by atoms with van der Waals surface area (Å²) in [5.41, 5.74) is 6.15. The van der Waals surface area contributed by atoms with Crippen LogP contribution in [0.5, 0.6) is 0 Å². The van der Waals surface area contributed by atoms with E-state index in [0.717, 1.165) is 6.42 Å². The SMILES string of the molecule is CCCC(=O)N(CC)c1ccc(N)cn1. The number of carbonyl (C=O) groups is 1. The predicted molar refractivity (Wildman–Crippen MR) is 61.6 cm³/mol. The first-order valence-electron chi connectivity index (χ1n) is 5.21. The van der Waals surface area contributed by atoms with Crippen molar-refractivity contribution in [3.63, 3.8) is 0 Å². The zero-order chi connectivity index (χ0) is 11.3. The third-order valence-electron chi connectivity index (χ3n) is 2.13. The molecular weight excluding hydrogens is 190 g/mol. The highest BCUT2D eigenvalue weighted by Crippen LogP contribution is 2.13. The van der Waals surface area contributed by atoms with Crippen molar-refractivity contribution < 1.29 is 4.79 Å². The first-order chi connectivity index (χ1) is 7.19. The lowest BCUT2D eigenvalue weighted by atomic mass is 10.3. The number of pyridine rings is 1. The van der Waals surface area contributed by atoms with E-state index in [1.807, 2.05) is 13.8 Å². The molecule has 1 heterocycles. The number of hydrogen-bond donors (Lipinski definition) is 1. The third-order valence-corrected chi connectivity index (χ3v) is 2.13. The minimum atomic E-state index is 0.109. The fraction of sp³-hybridized carbons (Fsp3) is 0.455. The highest BCUT2D eigenvalue weighted by atomic mass is 16.2. The van der Waals surface area contributed by atoms with Gasteiger partial charge in [-0.2, -0.15) is 0 Å². The van der Waals surface area contributed by atoms with Gasteiger partial charge in [-0.05, 0) is 25.5 Å². The van der Waals surface area contributed by atoms with Gasteiger partial charge >= 0.3 is 0 Å². The summed E-state index contributed by atoms with van der Waals surface area (Å²) in [6, 6.07) is 3.52. The van der Waals surface area contributed by atoms with E-state index in [9.17, 15) is 4.79 Å². The van der Waals surface area contributed by atoms with E-state index < -0.39 is 0 Å². The molecule has 0 radical (unpaired) electrons. The van der Waals surface area contributed by atoms with E-state index in [-0.39, 0.29) is 5.91 Å². The molecule has 0 fully saturated rings. The Bertz CT molecular complexity index is 321. The number of aromatic nitrogens is 1. The lowest BCUT2D eigenvalue weighted by Gasteiger charge is -2.19. The van der Waals surface area contributed by atoms with E-state index >= 15 is 0 Å². The van der Waals surface area contributed by atoms with Crippen LogP contribution in [0.4, 0.5) is 11.5 Å². The summed E-state index contributed by atoms with van der Waals surface area (Å²) in [5, 5.41) is 0. The van der Waals surface area contributed by atoms with Crippen LogP contribution in [0.2, 0.25) is 0 Å². The van der Waals surface area contributed by atoms with Gasteiger partial charge in [0.15, 0.2) is 0 Å². The molecule has 0 spiro atoms. The molecule has 0 unspecified atom stereocenters. The normalized spacial score (nSPS) is 10.0. The first kappa shape index (κ1) is 11.5. The number of nitrogens with two attached hydrogens (primary N) is 1. The van der Waals surface area contributed by atoms with Crippen LogP contribution >= 0.6 is 0 Å². The standard InChI is InChI=1S/C11H17N3O/c1-3-5-11(15)14(4-2)10-7-6-9(12)8-13-10/h6-8H,3-5,12H2,1-2H3. The summed E-state index contributed by atoms with van der Waals surface area (Å²) in [7, 11) is 0. The molecule has 0 aliphatic carbocycles. The molecule has 15 heavy (non-hydrogen) atoms. The van der Waals surface area contributed by atoms with Crippen LogP contribution in [0.15, 0.2) is 18.3 Å². The Morgan fingerprint density at radius 2 is 2.20 bits per heavy atom. The van der Waals surface area contributed by atoms with Crippen LogP contribution in [0.3, 0.4) is 0 Å². The van der Waals surface area contributed by atoms with Crippen LogP contribution < -0.4 is 10.6 Å². The summed E-state index contributed by atoms with van der Waals surface area (Å²) in [6.45, 7) is 4.56. The fourth-order valence-corrected chi connectivity index (χ4v) is 1.37. The molecule has 2 N–H and O–H groups in total. The average molecular weight is 207 g/mol. The molecule has 0 aromatic carbocycles. The quantitative estimate of drug-likeness (QED) is 0.819. The molecule has 0 saturated carbocycles. The number of anilines is 2. The number of carbonyl (C=O) groups excluding carboxylic acids is 1. The third kappa shape index (κ3) is 2.94. The lowest BCUT2D eigenvalue weighted by molar-refractivity contribution is -0.118. The summed E-state index contributed by atoms with van der Waals surface area (Å²) in [5.74, 6) is 0.780. The lowest BCUT2D eigenvalue weighted by Crippen LogP contribution is -2.30. The number of hydrogen-bond acceptors (Lipinski definition) is 3. The fourth-order valence-electron chi connectivity index (χ4n) is 1.37. The highest BCUT2D eigenvalue weighted by molar-refractivity contribution is 5.92. The van der Waals surface area contributed by atoms with Crippen LogP contribution in [-0.4, -0.2) is 17.4 Å². The van der Waals surface area contributed by atoms with E-state index in [2.05, 4.69) is 4.98 Å². The molecule has 4 nitrogen and oxygen atoms in total. The monoisotopic (exact) mass is 207 g/mol. The second-order valence-electron chi connectivity index (χ2n) is 3.34. The molecule has 1 amide bonds. The second kappa shape index (κ2) is 5.34. The summed E-state index contributed by atoms with van der Waals surface area (Å²) < 4.78 is 0. The molecule has 1 aromatic rings. The molecule has 4 heteroatoms. The van der Waals surface area contributed by atoms with Gasteiger partial charge in [0.2, 0.25) is 5.91 Å². The Kier molecular flexibility index (Phi) is 4.09. The minimum absolute atomic E-state index is 0.109. The van der Waals surface area contributed by atoms with Crippen molar-refractivity contribution in [3.05, 3.63) is 18.3 Å². The van der Waals surface area contributed by atoms with Gasteiger partial charge < -0.3 is 5.73 Å². The predicted octanol–water partition coefficient (Wildman–Crippen LogP) is 1.82. The molecule has 0 aliphatic heterocycles. The van der Waals surface area contributed by atoms with Crippen molar-refractivity contribution in [3.8, 4) is 0 Å². The Labute approximate surface area is 90.1 Å². The minimum Gasteiger partial charge on any atom is -0.397 e. The van der Waals surface area contributed by atoms with Crippen molar-refractivity contribution >= 4 is 17.4 Å².